The number of aliphatic carboxylic acids is 1. The normalized spacial score (nSPS) is 16.3. The molecule has 3 atom stereocenters. The molecule has 0 fully saturated rings. The molecule has 0 rings (SSSR count). The van der Waals surface area contributed by atoms with Crippen LogP contribution >= 0.6 is 0 Å². The molecule has 152 valence electrons. The second-order valence-corrected chi connectivity index (χ2v) is 6.18. The van der Waals surface area contributed by atoms with Crippen molar-refractivity contribution in [3.05, 3.63) is 60.8 Å². The van der Waals surface area contributed by atoms with E-state index in [0.29, 0.717) is 19.3 Å². The number of aliphatic hydroxyl groups excluding tert-OH is 3. The molecule has 0 radical (unpaired) electrons. The molecule has 0 saturated carbocycles. The summed E-state index contributed by atoms with van der Waals surface area (Å²) in [7, 11) is 0. The quantitative estimate of drug-likeness (QED) is 0.326. The molecule has 27 heavy (non-hydrogen) atoms. The summed E-state index contributed by atoms with van der Waals surface area (Å²) in [6.07, 6.45) is 19.5. The van der Waals surface area contributed by atoms with Crippen LogP contribution in [0.25, 0.3) is 0 Å². The van der Waals surface area contributed by atoms with Gasteiger partial charge in [-0.1, -0.05) is 67.7 Å². The van der Waals surface area contributed by atoms with E-state index in [1.54, 1.807) is 12.2 Å². The number of hydrogen-bond acceptors (Lipinski definition) is 4. The second kappa shape index (κ2) is 17.5. The predicted molar refractivity (Wildman–Crippen MR) is 109 cm³/mol. The summed E-state index contributed by atoms with van der Waals surface area (Å²) in [6, 6.07) is 0. The summed E-state index contributed by atoms with van der Waals surface area (Å²) in [4.78, 5) is 10.4. The van der Waals surface area contributed by atoms with E-state index >= 15 is 0 Å². The number of carboxylic acids is 1. The molecule has 0 spiro atoms. The van der Waals surface area contributed by atoms with Gasteiger partial charge in [0, 0.05) is 6.42 Å². The van der Waals surface area contributed by atoms with E-state index in [0.717, 1.165) is 19.3 Å². The van der Waals surface area contributed by atoms with Crippen molar-refractivity contribution < 1.29 is 25.2 Å². The molecule has 0 bridgehead atoms. The Hall–Kier alpha value is -1.95. The van der Waals surface area contributed by atoms with Crippen molar-refractivity contribution in [3.63, 3.8) is 0 Å². The van der Waals surface area contributed by atoms with Gasteiger partial charge in [-0.2, -0.15) is 0 Å². The van der Waals surface area contributed by atoms with E-state index in [1.165, 1.54) is 12.2 Å². The third-order valence-corrected chi connectivity index (χ3v) is 3.65. The zero-order valence-corrected chi connectivity index (χ0v) is 16.2. The highest BCUT2D eigenvalue weighted by molar-refractivity contribution is 5.66. The number of aliphatic hydroxyl groups is 3. The molecule has 0 aliphatic carbocycles. The fraction of sp³-hybridized carbons (Fsp3) is 0.500. The van der Waals surface area contributed by atoms with Crippen LogP contribution in [0.2, 0.25) is 0 Å². The fourth-order valence-electron chi connectivity index (χ4n) is 2.09. The molecular weight excluding hydrogens is 344 g/mol. The monoisotopic (exact) mass is 378 g/mol. The molecule has 0 aromatic rings. The van der Waals surface area contributed by atoms with Gasteiger partial charge in [0.25, 0.3) is 0 Å². The molecule has 0 aromatic carbocycles. The van der Waals surface area contributed by atoms with Crippen molar-refractivity contribution in [2.45, 2.75) is 70.2 Å². The van der Waals surface area contributed by atoms with Crippen LogP contribution in [0.1, 0.15) is 51.9 Å². The van der Waals surface area contributed by atoms with Crippen LogP contribution in [0.15, 0.2) is 60.8 Å². The minimum atomic E-state index is -1.05. The Balaban J connectivity index is 3.99. The summed E-state index contributed by atoms with van der Waals surface area (Å²) < 4.78 is 0. The number of allylic oxidation sites excluding steroid dienone is 6. The minimum Gasteiger partial charge on any atom is -0.481 e. The number of hydrogen-bond donors (Lipinski definition) is 4. The van der Waals surface area contributed by atoms with Gasteiger partial charge < -0.3 is 20.4 Å². The maximum atomic E-state index is 10.4. The molecule has 5 heteroatoms. The summed E-state index contributed by atoms with van der Waals surface area (Å²) in [5, 5.41) is 38.0. The molecule has 0 aliphatic heterocycles. The third kappa shape index (κ3) is 17.2. The van der Waals surface area contributed by atoms with Crippen LogP contribution in [-0.4, -0.2) is 44.7 Å². The fourth-order valence-corrected chi connectivity index (χ4v) is 2.09. The van der Waals surface area contributed by atoms with Crippen molar-refractivity contribution in [1.29, 1.82) is 0 Å². The lowest BCUT2D eigenvalue weighted by molar-refractivity contribution is -0.136. The highest BCUT2D eigenvalue weighted by Crippen LogP contribution is 2.05. The highest BCUT2D eigenvalue weighted by atomic mass is 16.4. The molecule has 0 aromatic heterocycles. The molecule has 4 N–H and O–H groups in total. The Labute approximate surface area is 162 Å². The van der Waals surface area contributed by atoms with E-state index in [-0.39, 0.29) is 6.42 Å². The Morgan fingerprint density at radius 2 is 1.41 bits per heavy atom. The first-order valence-corrected chi connectivity index (χ1v) is 9.51. The van der Waals surface area contributed by atoms with Gasteiger partial charge >= 0.3 is 5.97 Å². The predicted octanol–water partition coefficient (Wildman–Crippen LogP) is 3.69. The van der Waals surface area contributed by atoms with Crippen LogP contribution < -0.4 is 0 Å². The van der Waals surface area contributed by atoms with Crippen molar-refractivity contribution in [1.82, 2.24) is 0 Å². The topological polar surface area (TPSA) is 98.0 Å². The van der Waals surface area contributed by atoms with Gasteiger partial charge in [0.05, 0.1) is 18.3 Å². The Morgan fingerprint density at radius 3 is 2.04 bits per heavy atom. The standard InChI is InChI=1S/C22H34O5/c1-2-3-4-5-6-7-8-9-12-15-20(24)21(25)18-17-19(23)14-11-10-13-16-22(26)27/h3-4,6-7,9-12,17-21,23-25H,2,5,8,13-16H2,1H3,(H,26,27)/b4-3-,7-6-,11-10-,12-9-,18-17+/t19?,20-,21?/m0/s1. The van der Waals surface area contributed by atoms with Crippen molar-refractivity contribution in [3.8, 4) is 0 Å². The SMILES string of the molecule is CC/C=C\C/C=C\C/C=C\C[C@H](O)C(O)/C=C/C(O)C/C=C\CCC(=O)O. The third-order valence-electron chi connectivity index (χ3n) is 3.65. The summed E-state index contributed by atoms with van der Waals surface area (Å²) in [5.41, 5.74) is 0. The van der Waals surface area contributed by atoms with E-state index < -0.39 is 24.3 Å². The van der Waals surface area contributed by atoms with Crippen LogP contribution in [-0.2, 0) is 4.79 Å². The number of carbonyl (C=O) groups is 1. The molecule has 2 unspecified atom stereocenters. The van der Waals surface area contributed by atoms with Crippen molar-refractivity contribution >= 4 is 5.97 Å². The molecule has 0 amide bonds. The lowest BCUT2D eigenvalue weighted by Gasteiger charge is -2.12. The smallest absolute Gasteiger partial charge is 0.303 e. The van der Waals surface area contributed by atoms with Crippen molar-refractivity contribution in [2.24, 2.45) is 0 Å². The van der Waals surface area contributed by atoms with Gasteiger partial charge in [0.15, 0.2) is 0 Å². The Bertz CT molecular complexity index is 517. The zero-order valence-electron chi connectivity index (χ0n) is 16.2. The first-order chi connectivity index (χ1) is 13.0. The summed E-state index contributed by atoms with van der Waals surface area (Å²) >= 11 is 0. The summed E-state index contributed by atoms with van der Waals surface area (Å²) in [5.74, 6) is -0.855. The van der Waals surface area contributed by atoms with Gasteiger partial charge in [-0.25, -0.2) is 0 Å². The Kier molecular flexibility index (Phi) is 16.2. The van der Waals surface area contributed by atoms with Crippen LogP contribution in [0.4, 0.5) is 0 Å². The summed E-state index contributed by atoms with van der Waals surface area (Å²) in [6.45, 7) is 2.10. The minimum absolute atomic E-state index is 0.0621. The Morgan fingerprint density at radius 1 is 0.815 bits per heavy atom. The first kappa shape index (κ1) is 25.1. The van der Waals surface area contributed by atoms with Crippen LogP contribution in [0.3, 0.4) is 0 Å². The van der Waals surface area contributed by atoms with E-state index in [4.69, 9.17) is 5.11 Å². The molecule has 0 heterocycles. The molecule has 5 nitrogen and oxygen atoms in total. The molecule has 0 saturated heterocycles. The van der Waals surface area contributed by atoms with Gasteiger partial charge in [0.1, 0.15) is 0 Å². The van der Waals surface area contributed by atoms with Crippen LogP contribution in [0.5, 0.6) is 0 Å². The maximum Gasteiger partial charge on any atom is 0.303 e. The van der Waals surface area contributed by atoms with Gasteiger partial charge in [-0.15, -0.1) is 0 Å². The maximum absolute atomic E-state index is 10.4. The highest BCUT2D eigenvalue weighted by Gasteiger charge is 2.11. The zero-order chi connectivity index (χ0) is 20.3. The van der Waals surface area contributed by atoms with E-state index in [1.807, 2.05) is 12.2 Å². The van der Waals surface area contributed by atoms with Gasteiger partial charge in [-0.3, -0.25) is 4.79 Å². The average molecular weight is 379 g/mol. The van der Waals surface area contributed by atoms with Gasteiger partial charge in [0.2, 0.25) is 0 Å². The largest absolute Gasteiger partial charge is 0.481 e. The number of rotatable bonds is 15. The van der Waals surface area contributed by atoms with E-state index in [9.17, 15) is 20.1 Å². The first-order valence-electron chi connectivity index (χ1n) is 9.51. The average Bonchev–Trinajstić information content (AvgIpc) is 2.64. The lowest BCUT2D eigenvalue weighted by Crippen LogP contribution is -2.23. The van der Waals surface area contributed by atoms with Crippen LogP contribution in [0, 0.1) is 0 Å². The van der Waals surface area contributed by atoms with Gasteiger partial charge in [-0.05, 0) is 38.5 Å². The second-order valence-electron chi connectivity index (χ2n) is 6.18. The van der Waals surface area contributed by atoms with E-state index in [2.05, 4.69) is 31.2 Å². The molecular formula is C22H34O5. The molecule has 0 aliphatic rings. The number of carboxylic acid groups (broad SMARTS) is 1. The van der Waals surface area contributed by atoms with Crippen molar-refractivity contribution in [2.75, 3.05) is 0 Å². The lowest BCUT2D eigenvalue weighted by atomic mass is 10.1.